The number of β-amino-alcohol motifs (C(OH)–C–C–N with tert-alkyl or cyclic N) is 1. The van der Waals surface area contributed by atoms with E-state index in [9.17, 15) is 5.11 Å². The number of aliphatic hydroxyl groups excluding tert-OH is 1. The van der Waals surface area contributed by atoms with Gasteiger partial charge in [0.15, 0.2) is 0 Å². The van der Waals surface area contributed by atoms with Gasteiger partial charge in [-0.2, -0.15) is 0 Å². The lowest BCUT2D eigenvalue weighted by Gasteiger charge is -2.37. The van der Waals surface area contributed by atoms with E-state index in [-0.39, 0.29) is 6.10 Å². The average molecular weight is 445 g/mol. The van der Waals surface area contributed by atoms with E-state index in [2.05, 4.69) is 60.9 Å². The lowest BCUT2D eigenvalue weighted by Crippen LogP contribution is -2.49. The molecule has 1 unspecified atom stereocenters. The Bertz CT molecular complexity index is 1070. The van der Waals surface area contributed by atoms with Crippen LogP contribution >= 0.6 is 0 Å². The van der Waals surface area contributed by atoms with Crippen molar-refractivity contribution >= 4 is 5.82 Å². The highest BCUT2D eigenvalue weighted by Gasteiger charge is 2.24. The van der Waals surface area contributed by atoms with Gasteiger partial charge in [0.1, 0.15) is 11.6 Å². The Kier molecular flexibility index (Phi) is 7.41. The molecule has 1 fully saturated rings. The van der Waals surface area contributed by atoms with Crippen molar-refractivity contribution in [2.24, 2.45) is 0 Å². The van der Waals surface area contributed by atoms with E-state index in [1.807, 2.05) is 25.1 Å². The first-order chi connectivity index (χ1) is 15.9. The summed E-state index contributed by atoms with van der Waals surface area (Å²) in [5.41, 5.74) is 7.42. The predicted octanol–water partition coefficient (Wildman–Crippen LogP) is 4.03. The number of hydrogen-bond donors (Lipinski definition) is 1. The van der Waals surface area contributed by atoms with Gasteiger partial charge in [0, 0.05) is 50.4 Å². The second-order valence-electron chi connectivity index (χ2n) is 9.40. The second kappa shape index (κ2) is 10.4. The third kappa shape index (κ3) is 5.98. The molecule has 1 saturated heterocycles. The second-order valence-corrected chi connectivity index (χ2v) is 9.40. The zero-order valence-electron chi connectivity index (χ0n) is 20.4. The van der Waals surface area contributed by atoms with Gasteiger partial charge in [-0.3, -0.25) is 4.90 Å². The lowest BCUT2D eigenvalue weighted by molar-refractivity contribution is 0.109. The number of anilines is 1. The standard InChI is InChI=1S/C28H36N4O/c1-20-10-11-21(2)25(16-20)18-27-22(3)29-23(4)30-28(27)32-14-12-31(13-15-32)19-26(33)17-24-8-6-5-7-9-24/h5-11,16,26,33H,12-15,17-19H2,1-4H3. The van der Waals surface area contributed by atoms with E-state index in [1.54, 1.807) is 0 Å². The molecule has 5 heteroatoms. The summed E-state index contributed by atoms with van der Waals surface area (Å²) in [6.45, 7) is 12.8. The van der Waals surface area contributed by atoms with Gasteiger partial charge in [0.05, 0.1) is 6.10 Å². The normalized spacial score (nSPS) is 15.6. The molecule has 5 nitrogen and oxygen atoms in total. The van der Waals surface area contributed by atoms with Crippen LogP contribution in [0.5, 0.6) is 0 Å². The fraction of sp³-hybridized carbons (Fsp3) is 0.429. The quantitative estimate of drug-likeness (QED) is 0.596. The van der Waals surface area contributed by atoms with Gasteiger partial charge < -0.3 is 10.0 Å². The molecule has 2 heterocycles. The molecule has 0 amide bonds. The largest absolute Gasteiger partial charge is 0.391 e. The van der Waals surface area contributed by atoms with E-state index in [0.29, 0.717) is 13.0 Å². The van der Waals surface area contributed by atoms with Crippen molar-refractivity contribution in [3.8, 4) is 0 Å². The molecule has 0 saturated carbocycles. The topological polar surface area (TPSA) is 52.5 Å². The van der Waals surface area contributed by atoms with E-state index in [0.717, 1.165) is 49.9 Å². The fourth-order valence-corrected chi connectivity index (χ4v) is 4.76. The number of piperazine rings is 1. The van der Waals surface area contributed by atoms with Gasteiger partial charge in [-0.1, -0.05) is 54.1 Å². The average Bonchev–Trinajstić information content (AvgIpc) is 2.79. The van der Waals surface area contributed by atoms with Crippen LogP contribution in [-0.4, -0.2) is 58.8 Å². The van der Waals surface area contributed by atoms with E-state index >= 15 is 0 Å². The first-order valence-electron chi connectivity index (χ1n) is 12.0. The molecule has 4 rings (SSSR count). The summed E-state index contributed by atoms with van der Waals surface area (Å²) in [4.78, 5) is 14.4. The molecule has 33 heavy (non-hydrogen) atoms. The minimum Gasteiger partial charge on any atom is -0.391 e. The maximum atomic E-state index is 10.6. The molecule has 0 spiro atoms. The van der Waals surface area contributed by atoms with Crippen LogP contribution in [0.15, 0.2) is 48.5 Å². The summed E-state index contributed by atoms with van der Waals surface area (Å²) < 4.78 is 0. The number of hydrogen-bond acceptors (Lipinski definition) is 5. The molecule has 3 aromatic rings. The van der Waals surface area contributed by atoms with Crippen molar-refractivity contribution in [2.75, 3.05) is 37.6 Å². The minimum atomic E-state index is -0.345. The summed E-state index contributed by atoms with van der Waals surface area (Å²) in [6.07, 6.45) is 1.21. The highest BCUT2D eigenvalue weighted by molar-refractivity contribution is 5.52. The number of aryl methyl sites for hydroxylation is 4. The number of nitrogens with zero attached hydrogens (tertiary/aromatic N) is 4. The summed E-state index contributed by atoms with van der Waals surface area (Å²) in [5.74, 6) is 1.90. The van der Waals surface area contributed by atoms with Crippen molar-refractivity contribution in [1.29, 1.82) is 0 Å². The molecule has 1 aliphatic heterocycles. The minimum absolute atomic E-state index is 0.345. The summed E-state index contributed by atoms with van der Waals surface area (Å²) in [6, 6.07) is 16.9. The van der Waals surface area contributed by atoms with Crippen molar-refractivity contribution in [2.45, 2.75) is 46.6 Å². The van der Waals surface area contributed by atoms with Crippen LogP contribution in [0, 0.1) is 27.7 Å². The molecule has 174 valence electrons. The van der Waals surface area contributed by atoms with Gasteiger partial charge in [-0.15, -0.1) is 0 Å². The summed E-state index contributed by atoms with van der Waals surface area (Å²) >= 11 is 0. The SMILES string of the molecule is Cc1ccc(C)c(Cc2c(C)nc(C)nc2N2CCN(CC(O)Cc3ccccc3)CC2)c1. The number of aliphatic hydroxyl groups is 1. The molecular formula is C28H36N4O. The van der Waals surface area contributed by atoms with Crippen LogP contribution in [0.3, 0.4) is 0 Å². The molecule has 0 radical (unpaired) electrons. The third-order valence-electron chi connectivity index (χ3n) is 6.63. The third-order valence-corrected chi connectivity index (χ3v) is 6.63. The van der Waals surface area contributed by atoms with Gasteiger partial charge in [0.2, 0.25) is 0 Å². The van der Waals surface area contributed by atoms with Crippen LogP contribution in [0.2, 0.25) is 0 Å². The van der Waals surface area contributed by atoms with Crippen molar-refractivity contribution < 1.29 is 5.11 Å². The lowest BCUT2D eigenvalue weighted by atomic mass is 9.97. The fourth-order valence-electron chi connectivity index (χ4n) is 4.76. The zero-order chi connectivity index (χ0) is 23.4. The maximum absolute atomic E-state index is 10.6. The summed E-state index contributed by atoms with van der Waals surface area (Å²) in [7, 11) is 0. The van der Waals surface area contributed by atoms with Crippen LogP contribution in [0.4, 0.5) is 5.82 Å². The van der Waals surface area contributed by atoms with Crippen molar-refractivity contribution in [3.63, 3.8) is 0 Å². The predicted molar refractivity (Wildman–Crippen MR) is 135 cm³/mol. The smallest absolute Gasteiger partial charge is 0.136 e. The Balaban J connectivity index is 1.44. The van der Waals surface area contributed by atoms with E-state index < -0.39 is 0 Å². The molecular weight excluding hydrogens is 408 g/mol. The zero-order valence-corrected chi connectivity index (χ0v) is 20.4. The van der Waals surface area contributed by atoms with E-state index in [1.165, 1.54) is 27.8 Å². The molecule has 2 aromatic carbocycles. The first kappa shape index (κ1) is 23.4. The molecule has 1 aromatic heterocycles. The van der Waals surface area contributed by atoms with Gasteiger partial charge in [-0.25, -0.2) is 9.97 Å². The van der Waals surface area contributed by atoms with Crippen LogP contribution in [0.1, 0.15) is 39.3 Å². The molecule has 0 aliphatic carbocycles. The Morgan fingerprint density at radius 2 is 1.64 bits per heavy atom. The van der Waals surface area contributed by atoms with Crippen LogP contribution in [-0.2, 0) is 12.8 Å². The van der Waals surface area contributed by atoms with Gasteiger partial charge in [0.25, 0.3) is 0 Å². The van der Waals surface area contributed by atoms with Crippen molar-refractivity contribution in [3.05, 3.63) is 87.9 Å². The van der Waals surface area contributed by atoms with Crippen LogP contribution < -0.4 is 4.90 Å². The highest BCUT2D eigenvalue weighted by atomic mass is 16.3. The molecule has 1 atom stereocenters. The Morgan fingerprint density at radius 3 is 2.36 bits per heavy atom. The number of aromatic nitrogens is 2. The maximum Gasteiger partial charge on any atom is 0.136 e. The molecule has 0 bridgehead atoms. The monoisotopic (exact) mass is 444 g/mol. The molecule has 1 aliphatic rings. The van der Waals surface area contributed by atoms with Gasteiger partial charge in [-0.05, 0) is 50.8 Å². The summed E-state index contributed by atoms with van der Waals surface area (Å²) in [5, 5.41) is 10.6. The number of benzene rings is 2. The first-order valence-corrected chi connectivity index (χ1v) is 12.0. The van der Waals surface area contributed by atoms with Gasteiger partial charge >= 0.3 is 0 Å². The Morgan fingerprint density at radius 1 is 0.909 bits per heavy atom. The van der Waals surface area contributed by atoms with E-state index in [4.69, 9.17) is 9.97 Å². The Hall–Kier alpha value is -2.76. The van der Waals surface area contributed by atoms with Crippen molar-refractivity contribution in [1.82, 2.24) is 14.9 Å². The molecule has 1 N–H and O–H groups in total. The highest BCUT2D eigenvalue weighted by Crippen LogP contribution is 2.26. The number of rotatable bonds is 7. The Labute approximate surface area is 198 Å². The van der Waals surface area contributed by atoms with Crippen LogP contribution in [0.25, 0.3) is 0 Å².